The third-order valence-electron chi connectivity index (χ3n) is 8.08. The lowest BCUT2D eigenvalue weighted by atomic mass is 9.91. The van der Waals surface area contributed by atoms with Gasteiger partial charge in [0.25, 0.3) is 5.91 Å². The van der Waals surface area contributed by atoms with Crippen LogP contribution in [0.2, 0.25) is 0 Å². The molecule has 7 nitrogen and oxygen atoms in total. The molecular weight excluding hydrogens is 562 g/mol. The molecule has 4 aromatic carbocycles. The predicted octanol–water partition coefficient (Wildman–Crippen LogP) is 7.69. The highest BCUT2D eigenvalue weighted by molar-refractivity contribution is 6.02. The van der Waals surface area contributed by atoms with E-state index in [0.717, 1.165) is 53.1 Å². The van der Waals surface area contributed by atoms with Crippen molar-refractivity contribution >= 4 is 5.91 Å². The molecule has 230 valence electrons. The molecule has 0 spiro atoms. The van der Waals surface area contributed by atoms with Crippen LogP contribution in [-0.2, 0) is 26.2 Å². The number of fused-ring (bicyclic) bond motifs is 1. The summed E-state index contributed by atoms with van der Waals surface area (Å²) >= 11 is 0. The number of aromatic nitrogens is 1. The monoisotopic (exact) mass is 601 g/mol. The number of rotatable bonds is 11. The van der Waals surface area contributed by atoms with Crippen LogP contribution in [0.5, 0.6) is 11.5 Å². The van der Waals surface area contributed by atoms with E-state index < -0.39 is 0 Å². The van der Waals surface area contributed by atoms with Crippen LogP contribution in [0.4, 0.5) is 0 Å². The van der Waals surface area contributed by atoms with Crippen LogP contribution in [0.25, 0.3) is 22.5 Å². The molecule has 2 heterocycles. The van der Waals surface area contributed by atoms with E-state index in [1.165, 1.54) is 11.1 Å². The molecule has 5 aromatic rings. The van der Waals surface area contributed by atoms with Crippen molar-refractivity contribution in [2.75, 3.05) is 13.1 Å². The fraction of sp³-hybridized carbons (Fsp3) is 0.263. The Labute approximate surface area is 264 Å². The van der Waals surface area contributed by atoms with E-state index in [4.69, 9.17) is 14.0 Å². The molecule has 1 amide bonds. The second kappa shape index (κ2) is 13.8. The van der Waals surface area contributed by atoms with E-state index in [2.05, 4.69) is 66.0 Å². The summed E-state index contributed by atoms with van der Waals surface area (Å²) in [6, 6.07) is 30.5. The smallest absolute Gasteiger partial charge is 0.274 e. The second-order valence-electron chi connectivity index (χ2n) is 11.6. The van der Waals surface area contributed by atoms with Crippen LogP contribution < -0.4 is 20.1 Å². The van der Waals surface area contributed by atoms with E-state index in [1.54, 1.807) is 0 Å². The number of carbonyl (C=O) groups excluding carboxylic acids is 1. The van der Waals surface area contributed by atoms with E-state index in [9.17, 15) is 4.79 Å². The van der Waals surface area contributed by atoms with Crippen LogP contribution in [0.3, 0.4) is 0 Å². The molecular formula is C38H39N3O4. The molecule has 0 saturated heterocycles. The summed E-state index contributed by atoms with van der Waals surface area (Å²) in [7, 11) is 0. The number of amides is 1. The van der Waals surface area contributed by atoms with Crippen molar-refractivity contribution in [1.82, 2.24) is 15.8 Å². The standard InChI is InChI=1S/C38H39N3O4/c1-4-40-38(42)36-35(29-15-16-30-22-39-18-17-28(30)19-29)37(45-41-36)32-20-31(25(2)3)33(43-23-26-11-7-5-8-12-26)21-34(32)44-24-27-13-9-6-10-14-27/h5-16,19-21,25,39H,4,17-18,22-24H2,1-3H3,(H,40,42). The third-order valence-corrected chi connectivity index (χ3v) is 8.08. The van der Waals surface area contributed by atoms with Gasteiger partial charge in [-0.1, -0.05) is 97.9 Å². The first kappa shape index (κ1) is 30.2. The molecule has 0 aliphatic carbocycles. The second-order valence-corrected chi connectivity index (χ2v) is 11.6. The molecule has 0 unspecified atom stereocenters. The van der Waals surface area contributed by atoms with Crippen molar-refractivity contribution in [1.29, 1.82) is 0 Å². The zero-order valence-corrected chi connectivity index (χ0v) is 26.1. The molecule has 1 aliphatic heterocycles. The highest BCUT2D eigenvalue weighted by atomic mass is 16.5. The first-order chi connectivity index (χ1) is 22.0. The van der Waals surface area contributed by atoms with Gasteiger partial charge >= 0.3 is 0 Å². The zero-order valence-electron chi connectivity index (χ0n) is 26.1. The SMILES string of the molecule is CCNC(=O)c1noc(-c2cc(C(C)C)c(OCc3ccccc3)cc2OCc2ccccc2)c1-c1ccc2c(c1)CCNC2. The minimum Gasteiger partial charge on any atom is -0.488 e. The van der Waals surface area contributed by atoms with Crippen molar-refractivity contribution in [3.8, 4) is 33.9 Å². The molecule has 0 bridgehead atoms. The van der Waals surface area contributed by atoms with Gasteiger partial charge in [-0.05, 0) is 65.3 Å². The summed E-state index contributed by atoms with van der Waals surface area (Å²) < 4.78 is 19.1. The topological polar surface area (TPSA) is 85.6 Å². The summed E-state index contributed by atoms with van der Waals surface area (Å²) in [5.74, 6) is 1.69. The molecule has 2 N–H and O–H groups in total. The van der Waals surface area contributed by atoms with Crippen molar-refractivity contribution in [2.45, 2.75) is 52.9 Å². The molecule has 0 saturated carbocycles. The molecule has 7 heteroatoms. The van der Waals surface area contributed by atoms with Gasteiger partial charge in [0.1, 0.15) is 24.7 Å². The van der Waals surface area contributed by atoms with Crippen molar-refractivity contribution in [3.05, 3.63) is 125 Å². The summed E-state index contributed by atoms with van der Waals surface area (Å²) in [6.07, 6.45) is 0.913. The van der Waals surface area contributed by atoms with Crippen LogP contribution in [-0.4, -0.2) is 24.2 Å². The van der Waals surface area contributed by atoms with Gasteiger partial charge in [-0.25, -0.2) is 0 Å². The summed E-state index contributed by atoms with van der Waals surface area (Å²) in [5.41, 5.74) is 8.15. The lowest BCUT2D eigenvalue weighted by molar-refractivity contribution is 0.0947. The Kier molecular flexibility index (Phi) is 9.27. The highest BCUT2D eigenvalue weighted by Gasteiger charge is 2.28. The number of benzene rings is 4. The van der Waals surface area contributed by atoms with Gasteiger partial charge in [0, 0.05) is 19.2 Å². The van der Waals surface area contributed by atoms with Crippen molar-refractivity contribution in [3.63, 3.8) is 0 Å². The number of nitrogens with one attached hydrogen (secondary N) is 2. The third kappa shape index (κ3) is 6.79. The van der Waals surface area contributed by atoms with Crippen LogP contribution in [0, 0.1) is 0 Å². The quantitative estimate of drug-likeness (QED) is 0.162. The lowest BCUT2D eigenvalue weighted by Crippen LogP contribution is -2.24. The molecule has 0 atom stereocenters. The van der Waals surface area contributed by atoms with Gasteiger partial charge in [0.2, 0.25) is 0 Å². The molecule has 1 aromatic heterocycles. The number of carbonyl (C=O) groups is 1. The van der Waals surface area contributed by atoms with Crippen LogP contribution in [0.1, 0.15) is 65.0 Å². The normalized spacial score (nSPS) is 12.5. The van der Waals surface area contributed by atoms with E-state index in [-0.39, 0.29) is 17.5 Å². The number of ether oxygens (including phenoxy) is 2. The van der Waals surface area contributed by atoms with Crippen LogP contribution >= 0.6 is 0 Å². The largest absolute Gasteiger partial charge is 0.488 e. The van der Waals surface area contributed by atoms with Gasteiger partial charge in [-0.15, -0.1) is 0 Å². The highest BCUT2D eigenvalue weighted by Crippen LogP contribution is 2.44. The summed E-state index contributed by atoms with van der Waals surface area (Å²) in [4.78, 5) is 13.3. The Balaban J connectivity index is 1.49. The molecule has 6 rings (SSSR count). The van der Waals surface area contributed by atoms with E-state index in [0.29, 0.717) is 36.8 Å². The minimum atomic E-state index is -0.277. The van der Waals surface area contributed by atoms with E-state index in [1.807, 2.05) is 61.5 Å². The Morgan fingerprint density at radius 3 is 2.24 bits per heavy atom. The lowest BCUT2D eigenvalue weighted by Gasteiger charge is -2.20. The molecule has 1 aliphatic rings. The molecule has 0 radical (unpaired) electrons. The molecule has 45 heavy (non-hydrogen) atoms. The number of hydrogen-bond donors (Lipinski definition) is 2. The molecule has 0 fully saturated rings. The van der Waals surface area contributed by atoms with Gasteiger partial charge < -0.3 is 24.6 Å². The van der Waals surface area contributed by atoms with Crippen molar-refractivity contribution in [2.24, 2.45) is 0 Å². The maximum absolute atomic E-state index is 13.3. The fourth-order valence-electron chi connectivity index (χ4n) is 5.70. The predicted molar refractivity (Wildman–Crippen MR) is 176 cm³/mol. The van der Waals surface area contributed by atoms with Crippen LogP contribution in [0.15, 0.2) is 95.5 Å². The maximum atomic E-state index is 13.3. The van der Waals surface area contributed by atoms with Crippen molar-refractivity contribution < 1.29 is 18.8 Å². The van der Waals surface area contributed by atoms with E-state index >= 15 is 0 Å². The Bertz CT molecular complexity index is 1760. The Morgan fingerprint density at radius 2 is 1.58 bits per heavy atom. The number of nitrogens with zero attached hydrogens (tertiary/aromatic N) is 1. The van der Waals surface area contributed by atoms with Gasteiger partial charge in [-0.2, -0.15) is 0 Å². The maximum Gasteiger partial charge on any atom is 0.274 e. The average molecular weight is 602 g/mol. The Hall–Kier alpha value is -4.88. The number of hydrogen-bond acceptors (Lipinski definition) is 6. The summed E-state index contributed by atoms with van der Waals surface area (Å²) in [5, 5.41) is 10.7. The zero-order chi connectivity index (χ0) is 31.2. The average Bonchev–Trinajstić information content (AvgIpc) is 3.52. The minimum absolute atomic E-state index is 0.142. The summed E-state index contributed by atoms with van der Waals surface area (Å²) in [6.45, 7) is 9.17. The first-order valence-corrected chi connectivity index (χ1v) is 15.6. The first-order valence-electron chi connectivity index (χ1n) is 15.6. The fourth-order valence-corrected chi connectivity index (χ4v) is 5.70. The van der Waals surface area contributed by atoms with Gasteiger partial charge in [0.05, 0.1) is 11.1 Å². The van der Waals surface area contributed by atoms with Gasteiger partial charge in [0.15, 0.2) is 11.5 Å². The Morgan fingerprint density at radius 1 is 0.889 bits per heavy atom. The van der Waals surface area contributed by atoms with Gasteiger partial charge in [-0.3, -0.25) is 4.79 Å².